The Bertz CT molecular complexity index is 1240. The van der Waals surface area contributed by atoms with Crippen molar-refractivity contribution in [2.45, 2.75) is 49.6 Å². The molecule has 12 heteroatoms. The number of hydrogen-bond acceptors (Lipinski definition) is 6. The first-order chi connectivity index (χ1) is 14.9. The Morgan fingerprint density at radius 2 is 1.74 bits per heavy atom. The number of sulfonamides is 1. The largest absolute Gasteiger partial charge is 0.352 e. The number of rotatable bonds is 5. The fourth-order valence-electron chi connectivity index (χ4n) is 4.90. The van der Waals surface area contributed by atoms with Gasteiger partial charge in [-0.3, -0.25) is 0 Å². The minimum absolute atomic E-state index is 0.0435. The summed E-state index contributed by atoms with van der Waals surface area (Å²) >= 11 is 0. The summed E-state index contributed by atoms with van der Waals surface area (Å²) in [7, 11) is -3.21. The van der Waals surface area contributed by atoms with Crippen molar-refractivity contribution in [1.29, 1.82) is 0 Å². The maximum atomic E-state index is 12.9. The first kappa shape index (κ1) is 19.1. The van der Waals surface area contributed by atoms with Gasteiger partial charge >= 0.3 is 6.55 Å². The number of aromatic nitrogens is 5. The molecule has 2 saturated heterocycles. The van der Waals surface area contributed by atoms with Crippen molar-refractivity contribution in [2.75, 3.05) is 18.0 Å². The van der Waals surface area contributed by atoms with E-state index in [-0.39, 0.29) is 17.3 Å². The van der Waals surface area contributed by atoms with Gasteiger partial charge in [-0.05, 0) is 31.7 Å². The minimum atomic E-state index is -3.21. The van der Waals surface area contributed by atoms with Crippen LogP contribution in [-0.2, 0) is 10.0 Å². The van der Waals surface area contributed by atoms with Crippen molar-refractivity contribution < 1.29 is 17.2 Å². The first-order valence-corrected chi connectivity index (χ1v) is 11.9. The van der Waals surface area contributed by atoms with Crippen LogP contribution >= 0.6 is 0 Å². The second-order valence-corrected chi connectivity index (χ2v) is 10.6. The highest BCUT2D eigenvalue weighted by atomic mass is 32.2. The molecule has 9 nitrogen and oxygen atoms in total. The third-order valence-electron chi connectivity index (χ3n) is 6.47. The van der Waals surface area contributed by atoms with Crippen molar-refractivity contribution in [2.24, 2.45) is 0 Å². The molecule has 6 rings (SSSR count). The van der Waals surface area contributed by atoms with Crippen molar-refractivity contribution >= 4 is 21.4 Å². The van der Waals surface area contributed by atoms with Gasteiger partial charge in [-0.1, -0.05) is 0 Å². The normalized spacial score (nSPS) is 24.5. The summed E-state index contributed by atoms with van der Waals surface area (Å²) in [6.07, 6.45) is 9.16. The van der Waals surface area contributed by atoms with Gasteiger partial charge in [0, 0.05) is 48.7 Å². The van der Waals surface area contributed by atoms with Crippen LogP contribution < -0.4 is 4.90 Å². The van der Waals surface area contributed by atoms with Crippen LogP contribution in [0.4, 0.5) is 14.6 Å². The Morgan fingerprint density at radius 3 is 2.39 bits per heavy atom. The summed E-state index contributed by atoms with van der Waals surface area (Å²) in [5, 5.41) is 7.76. The average Bonchev–Trinajstić information content (AvgIpc) is 3.22. The zero-order valence-corrected chi connectivity index (χ0v) is 17.4. The number of anilines is 1. The lowest BCUT2D eigenvalue weighted by molar-refractivity contribution is 0.0566. The smallest absolute Gasteiger partial charge is 0.333 e. The van der Waals surface area contributed by atoms with Crippen molar-refractivity contribution in [1.82, 2.24) is 28.7 Å². The van der Waals surface area contributed by atoms with E-state index in [0.717, 1.165) is 37.0 Å². The molecule has 31 heavy (non-hydrogen) atoms. The van der Waals surface area contributed by atoms with Crippen LogP contribution in [0.3, 0.4) is 0 Å². The molecule has 0 spiro atoms. The van der Waals surface area contributed by atoms with E-state index < -0.39 is 16.6 Å². The van der Waals surface area contributed by atoms with Gasteiger partial charge in [0.05, 0.1) is 11.4 Å². The highest BCUT2D eigenvalue weighted by molar-refractivity contribution is 7.90. The van der Waals surface area contributed by atoms with E-state index in [1.165, 1.54) is 18.7 Å². The van der Waals surface area contributed by atoms with Gasteiger partial charge in [0.25, 0.3) is 0 Å². The van der Waals surface area contributed by atoms with Crippen LogP contribution in [0.1, 0.15) is 32.2 Å². The van der Waals surface area contributed by atoms with E-state index in [1.54, 1.807) is 15.0 Å². The zero-order valence-electron chi connectivity index (χ0n) is 16.5. The Hall–Kier alpha value is -2.60. The van der Waals surface area contributed by atoms with Gasteiger partial charge in [-0.15, -0.1) is 0 Å². The van der Waals surface area contributed by atoms with Crippen LogP contribution in [0.15, 0.2) is 31.0 Å². The summed E-state index contributed by atoms with van der Waals surface area (Å²) < 4.78 is 55.6. The minimum Gasteiger partial charge on any atom is -0.352 e. The predicted molar refractivity (Wildman–Crippen MR) is 108 cm³/mol. The number of alkyl halides is 2. The molecular formula is C19H21F2N7O2S. The van der Waals surface area contributed by atoms with Gasteiger partial charge in [-0.25, -0.2) is 22.6 Å². The molecule has 5 heterocycles. The van der Waals surface area contributed by atoms with Crippen LogP contribution in [0.5, 0.6) is 0 Å². The Balaban J connectivity index is 1.32. The lowest BCUT2D eigenvalue weighted by atomic mass is 10.2. The van der Waals surface area contributed by atoms with Gasteiger partial charge in [0.2, 0.25) is 10.0 Å². The molecule has 2 atom stereocenters. The molecule has 1 aliphatic carbocycles. The SMILES string of the molecule is O=S(=O)(C1CC1)N1C2CCC1CN(c1ncnn3cc(-c4cnn(C(F)F)c4)cc13)C2. The maximum absolute atomic E-state index is 12.9. The summed E-state index contributed by atoms with van der Waals surface area (Å²) in [6, 6.07) is 1.77. The van der Waals surface area contributed by atoms with Crippen LogP contribution in [0.2, 0.25) is 0 Å². The third kappa shape index (κ3) is 3.03. The van der Waals surface area contributed by atoms with E-state index in [9.17, 15) is 17.2 Å². The van der Waals surface area contributed by atoms with E-state index in [4.69, 9.17) is 0 Å². The fourth-order valence-corrected chi connectivity index (χ4v) is 7.15. The van der Waals surface area contributed by atoms with Crippen LogP contribution in [-0.4, -0.2) is 67.5 Å². The predicted octanol–water partition coefficient (Wildman–Crippen LogP) is 2.13. The first-order valence-electron chi connectivity index (χ1n) is 10.3. The van der Waals surface area contributed by atoms with Crippen molar-refractivity contribution in [3.05, 3.63) is 31.0 Å². The summed E-state index contributed by atoms with van der Waals surface area (Å²) in [5.74, 6) is 0.725. The highest BCUT2D eigenvalue weighted by Crippen LogP contribution is 2.41. The van der Waals surface area contributed by atoms with Crippen molar-refractivity contribution in [3.8, 4) is 11.1 Å². The number of halogens is 2. The second-order valence-electron chi connectivity index (χ2n) is 8.49. The molecule has 0 N–H and O–H groups in total. The lowest BCUT2D eigenvalue weighted by Gasteiger charge is -2.40. The lowest BCUT2D eigenvalue weighted by Crippen LogP contribution is -2.56. The monoisotopic (exact) mass is 449 g/mol. The molecule has 3 aliphatic rings. The number of fused-ring (bicyclic) bond motifs is 3. The Morgan fingerprint density at radius 1 is 1.00 bits per heavy atom. The number of nitrogens with zero attached hydrogens (tertiary/aromatic N) is 7. The fraction of sp³-hybridized carbons (Fsp3) is 0.526. The zero-order chi connectivity index (χ0) is 21.3. The molecular weight excluding hydrogens is 428 g/mol. The average molecular weight is 449 g/mol. The van der Waals surface area contributed by atoms with Gasteiger partial charge in [0.1, 0.15) is 11.8 Å². The van der Waals surface area contributed by atoms with E-state index in [2.05, 4.69) is 20.1 Å². The molecule has 0 amide bonds. The number of hydrogen-bond donors (Lipinski definition) is 0. The van der Waals surface area contributed by atoms with Crippen LogP contribution in [0.25, 0.3) is 16.6 Å². The highest BCUT2D eigenvalue weighted by Gasteiger charge is 2.51. The summed E-state index contributed by atoms with van der Waals surface area (Å²) in [5.41, 5.74) is 2.03. The topological polar surface area (TPSA) is 88.6 Å². The molecule has 3 aromatic rings. The standard InChI is InChI=1S/C19H21F2N7O2S/c20-19(21)27-8-13(6-23-27)12-5-17-18(22-11-24-26(17)7-12)25-9-14-1-2-15(10-25)28(14)31(29,30)16-3-4-16/h5-8,11,14-16,19H,1-4,9-10H2. The van der Waals surface area contributed by atoms with E-state index >= 15 is 0 Å². The Kier molecular flexibility index (Phi) is 4.13. The second kappa shape index (κ2) is 6.70. The molecule has 2 bridgehead atoms. The molecule has 2 unspecified atom stereocenters. The van der Waals surface area contributed by atoms with Crippen molar-refractivity contribution in [3.63, 3.8) is 0 Å². The molecule has 3 fully saturated rings. The maximum Gasteiger partial charge on any atom is 0.333 e. The molecule has 2 aliphatic heterocycles. The van der Waals surface area contributed by atoms with Gasteiger partial charge in [0.15, 0.2) is 5.82 Å². The van der Waals surface area contributed by atoms with Gasteiger partial charge in [-0.2, -0.15) is 23.3 Å². The Labute approximate surface area is 177 Å². The molecule has 0 radical (unpaired) electrons. The molecule has 1 saturated carbocycles. The van der Waals surface area contributed by atoms with E-state index in [1.807, 2.05) is 6.07 Å². The summed E-state index contributed by atoms with van der Waals surface area (Å²) in [4.78, 5) is 6.62. The van der Waals surface area contributed by atoms with Gasteiger partial charge < -0.3 is 4.90 Å². The molecule has 3 aromatic heterocycles. The molecule has 0 aromatic carbocycles. The summed E-state index contributed by atoms with van der Waals surface area (Å²) in [6.45, 7) is -1.53. The number of piperazine rings is 1. The van der Waals surface area contributed by atoms with E-state index in [0.29, 0.717) is 28.9 Å². The quantitative estimate of drug-likeness (QED) is 0.593. The third-order valence-corrected chi connectivity index (χ3v) is 8.97. The van der Waals surface area contributed by atoms with Crippen LogP contribution in [0, 0.1) is 0 Å². The molecule has 164 valence electrons.